The quantitative estimate of drug-likeness (QED) is 0.791. The number of carbonyl (C=O) groups excluding carboxylic acids is 2. The second-order valence-corrected chi connectivity index (χ2v) is 6.20. The molecule has 130 valence electrons. The Balaban J connectivity index is 1.63. The Bertz CT molecular complexity index is 768. The second kappa shape index (κ2) is 7.57. The molecule has 1 aliphatic rings. The van der Waals surface area contributed by atoms with E-state index < -0.39 is 0 Å². The van der Waals surface area contributed by atoms with Gasteiger partial charge in [-0.2, -0.15) is 0 Å². The van der Waals surface area contributed by atoms with Gasteiger partial charge in [0, 0.05) is 31.9 Å². The van der Waals surface area contributed by atoms with Crippen LogP contribution < -0.4 is 4.90 Å². The van der Waals surface area contributed by atoms with Gasteiger partial charge in [0.15, 0.2) is 0 Å². The highest BCUT2D eigenvalue weighted by molar-refractivity contribution is 6.33. The number of amides is 1. The Morgan fingerprint density at radius 3 is 2.20 bits per heavy atom. The Morgan fingerprint density at radius 1 is 0.960 bits per heavy atom. The lowest BCUT2D eigenvalue weighted by Crippen LogP contribution is -2.48. The van der Waals surface area contributed by atoms with Crippen molar-refractivity contribution >= 4 is 29.2 Å². The van der Waals surface area contributed by atoms with E-state index in [4.69, 9.17) is 16.3 Å². The summed E-state index contributed by atoms with van der Waals surface area (Å²) in [6.07, 6.45) is 0. The van der Waals surface area contributed by atoms with Crippen LogP contribution in [0.3, 0.4) is 0 Å². The van der Waals surface area contributed by atoms with E-state index in [0.29, 0.717) is 29.2 Å². The number of hydrogen-bond donors (Lipinski definition) is 0. The molecule has 3 rings (SSSR count). The predicted molar refractivity (Wildman–Crippen MR) is 97.4 cm³/mol. The highest BCUT2D eigenvalue weighted by atomic mass is 35.5. The number of benzene rings is 2. The first-order valence-corrected chi connectivity index (χ1v) is 8.45. The first-order chi connectivity index (χ1) is 12.1. The number of rotatable bonds is 3. The summed E-state index contributed by atoms with van der Waals surface area (Å²) in [7, 11) is 1.37. The fourth-order valence-corrected chi connectivity index (χ4v) is 3.12. The molecule has 1 heterocycles. The molecule has 1 saturated heterocycles. The summed E-state index contributed by atoms with van der Waals surface area (Å²) in [6, 6.07) is 14.4. The number of carbonyl (C=O) groups is 2. The molecule has 0 unspecified atom stereocenters. The molecule has 2 aromatic rings. The van der Waals surface area contributed by atoms with E-state index in [2.05, 4.69) is 4.90 Å². The first kappa shape index (κ1) is 17.3. The van der Waals surface area contributed by atoms with Gasteiger partial charge in [0.05, 0.1) is 23.3 Å². The fourth-order valence-electron chi connectivity index (χ4n) is 2.90. The first-order valence-electron chi connectivity index (χ1n) is 8.07. The van der Waals surface area contributed by atoms with E-state index in [0.717, 1.165) is 18.8 Å². The second-order valence-electron chi connectivity index (χ2n) is 5.80. The Labute approximate surface area is 151 Å². The van der Waals surface area contributed by atoms with Crippen LogP contribution in [0.5, 0.6) is 0 Å². The van der Waals surface area contributed by atoms with Crippen molar-refractivity contribution in [2.75, 3.05) is 38.2 Å². The summed E-state index contributed by atoms with van der Waals surface area (Å²) < 4.78 is 4.71. The maximum absolute atomic E-state index is 12.6. The van der Waals surface area contributed by atoms with Gasteiger partial charge in [-0.3, -0.25) is 4.79 Å². The molecular formula is C19H19ClN2O3. The predicted octanol–water partition coefficient (Wildman–Crippen LogP) is 3.09. The highest BCUT2D eigenvalue weighted by Crippen LogP contribution is 2.21. The molecule has 0 bridgehead atoms. The Morgan fingerprint density at radius 2 is 1.60 bits per heavy atom. The molecule has 0 aliphatic carbocycles. The molecule has 0 radical (unpaired) electrons. The standard InChI is InChI=1S/C19H19ClN2O3/c1-25-19(24)14-6-8-15(9-7-14)21-10-12-22(13-11-21)18(23)16-4-2-3-5-17(16)20/h2-9H,10-13H2,1H3. The monoisotopic (exact) mass is 358 g/mol. The lowest BCUT2D eigenvalue weighted by Gasteiger charge is -2.36. The van der Waals surface area contributed by atoms with Crippen molar-refractivity contribution in [3.8, 4) is 0 Å². The Hall–Kier alpha value is -2.53. The van der Waals surface area contributed by atoms with Crippen molar-refractivity contribution in [2.24, 2.45) is 0 Å². The number of hydrogen-bond acceptors (Lipinski definition) is 4. The molecule has 0 spiro atoms. The number of esters is 1. The van der Waals surface area contributed by atoms with Crippen LogP contribution in [0.1, 0.15) is 20.7 Å². The van der Waals surface area contributed by atoms with Gasteiger partial charge in [0.1, 0.15) is 0 Å². The van der Waals surface area contributed by atoms with Crippen LogP contribution in [0.2, 0.25) is 5.02 Å². The van der Waals surface area contributed by atoms with Crippen molar-refractivity contribution in [2.45, 2.75) is 0 Å². The number of methoxy groups -OCH3 is 1. The van der Waals surface area contributed by atoms with Crippen molar-refractivity contribution in [3.05, 3.63) is 64.7 Å². The molecule has 2 aromatic carbocycles. The fraction of sp³-hybridized carbons (Fsp3) is 0.263. The van der Waals surface area contributed by atoms with Gasteiger partial charge in [-0.1, -0.05) is 23.7 Å². The molecule has 1 aliphatic heterocycles. The topological polar surface area (TPSA) is 49.9 Å². The van der Waals surface area contributed by atoms with Gasteiger partial charge in [0.2, 0.25) is 0 Å². The average molecular weight is 359 g/mol. The van der Waals surface area contributed by atoms with Crippen molar-refractivity contribution in [1.29, 1.82) is 0 Å². The number of ether oxygens (including phenoxy) is 1. The van der Waals surface area contributed by atoms with E-state index in [-0.39, 0.29) is 11.9 Å². The zero-order valence-corrected chi connectivity index (χ0v) is 14.7. The average Bonchev–Trinajstić information content (AvgIpc) is 2.67. The van der Waals surface area contributed by atoms with Gasteiger partial charge in [-0.25, -0.2) is 4.79 Å². The third-order valence-electron chi connectivity index (χ3n) is 4.32. The lowest BCUT2D eigenvalue weighted by atomic mass is 10.1. The maximum Gasteiger partial charge on any atom is 0.337 e. The lowest BCUT2D eigenvalue weighted by molar-refractivity contribution is 0.0600. The largest absolute Gasteiger partial charge is 0.465 e. The molecule has 0 atom stereocenters. The van der Waals surface area contributed by atoms with E-state index >= 15 is 0 Å². The number of piperazine rings is 1. The van der Waals surface area contributed by atoms with Crippen LogP contribution >= 0.6 is 11.6 Å². The van der Waals surface area contributed by atoms with Gasteiger partial charge < -0.3 is 14.5 Å². The van der Waals surface area contributed by atoms with Crippen LogP contribution in [-0.2, 0) is 4.74 Å². The van der Waals surface area contributed by atoms with E-state index in [1.807, 2.05) is 29.2 Å². The van der Waals surface area contributed by atoms with E-state index in [1.165, 1.54) is 7.11 Å². The minimum Gasteiger partial charge on any atom is -0.465 e. The zero-order valence-electron chi connectivity index (χ0n) is 13.9. The molecule has 0 saturated carbocycles. The normalized spacial score (nSPS) is 14.3. The van der Waals surface area contributed by atoms with Crippen LogP contribution in [0.4, 0.5) is 5.69 Å². The highest BCUT2D eigenvalue weighted by Gasteiger charge is 2.23. The molecule has 6 heteroatoms. The Kier molecular flexibility index (Phi) is 5.24. The minimum absolute atomic E-state index is 0.0358. The third-order valence-corrected chi connectivity index (χ3v) is 4.65. The molecule has 25 heavy (non-hydrogen) atoms. The minimum atomic E-state index is -0.346. The van der Waals surface area contributed by atoms with Gasteiger partial charge in [0.25, 0.3) is 5.91 Å². The number of halogens is 1. The van der Waals surface area contributed by atoms with Gasteiger partial charge in [-0.05, 0) is 36.4 Å². The molecule has 1 amide bonds. The van der Waals surface area contributed by atoms with Crippen LogP contribution in [0.15, 0.2) is 48.5 Å². The summed E-state index contributed by atoms with van der Waals surface area (Å²) >= 11 is 6.12. The van der Waals surface area contributed by atoms with E-state index in [9.17, 15) is 9.59 Å². The number of anilines is 1. The summed E-state index contributed by atoms with van der Waals surface area (Å²) in [5.41, 5.74) is 2.09. The smallest absolute Gasteiger partial charge is 0.337 e. The number of nitrogens with zero attached hydrogens (tertiary/aromatic N) is 2. The van der Waals surface area contributed by atoms with Crippen LogP contribution in [0.25, 0.3) is 0 Å². The van der Waals surface area contributed by atoms with Crippen LogP contribution in [-0.4, -0.2) is 50.1 Å². The zero-order chi connectivity index (χ0) is 17.8. The van der Waals surface area contributed by atoms with Crippen molar-refractivity contribution in [1.82, 2.24) is 4.90 Å². The molecule has 5 nitrogen and oxygen atoms in total. The molecule has 1 fully saturated rings. The van der Waals surface area contributed by atoms with Crippen LogP contribution in [0, 0.1) is 0 Å². The summed E-state index contributed by atoms with van der Waals surface area (Å²) in [6.45, 7) is 2.72. The summed E-state index contributed by atoms with van der Waals surface area (Å²) in [4.78, 5) is 28.1. The van der Waals surface area contributed by atoms with Gasteiger partial charge >= 0.3 is 5.97 Å². The van der Waals surface area contributed by atoms with Crippen molar-refractivity contribution in [3.63, 3.8) is 0 Å². The molecule has 0 aromatic heterocycles. The third kappa shape index (κ3) is 3.77. The SMILES string of the molecule is COC(=O)c1ccc(N2CCN(C(=O)c3ccccc3Cl)CC2)cc1. The summed E-state index contributed by atoms with van der Waals surface area (Å²) in [5, 5.41) is 0.480. The maximum atomic E-state index is 12.6. The molecular weight excluding hydrogens is 340 g/mol. The van der Waals surface area contributed by atoms with Crippen molar-refractivity contribution < 1.29 is 14.3 Å². The summed E-state index contributed by atoms with van der Waals surface area (Å²) in [5.74, 6) is -0.381. The molecule has 0 N–H and O–H groups in total. The van der Waals surface area contributed by atoms with Gasteiger partial charge in [-0.15, -0.1) is 0 Å². The van der Waals surface area contributed by atoms with E-state index in [1.54, 1.807) is 24.3 Å².